The van der Waals surface area contributed by atoms with Crippen LogP contribution >= 0.6 is 11.6 Å². The maximum absolute atomic E-state index is 12.3. The van der Waals surface area contributed by atoms with Gasteiger partial charge in [0.2, 0.25) is 6.79 Å². The molecule has 0 saturated heterocycles. The molecule has 1 amide bonds. The number of sulfone groups is 1. The number of fused-ring (bicyclic) bond motifs is 1. The molecule has 120 valence electrons. The summed E-state index contributed by atoms with van der Waals surface area (Å²) in [5.41, 5.74) is 0.780. The van der Waals surface area contributed by atoms with Crippen LogP contribution in [-0.2, 0) is 9.84 Å². The molecule has 0 bridgehead atoms. The molecule has 3 rings (SSSR count). The van der Waals surface area contributed by atoms with Gasteiger partial charge in [0.05, 0.1) is 9.92 Å². The standard InChI is InChI=1S/C15H12ClNO5S/c1-23(19,20)11-4-2-10(3-5-11)17-15(18)9-6-12(16)14-13(7-9)21-8-22-14/h2-7H,8H2,1H3,(H,17,18). The second-order valence-electron chi connectivity index (χ2n) is 4.94. The molecule has 23 heavy (non-hydrogen) atoms. The fourth-order valence-electron chi connectivity index (χ4n) is 2.09. The predicted molar refractivity (Wildman–Crippen MR) is 85.1 cm³/mol. The van der Waals surface area contributed by atoms with Crippen LogP contribution < -0.4 is 14.8 Å². The second kappa shape index (κ2) is 5.75. The molecule has 0 unspecified atom stereocenters. The van der Waals surface area contributed by atoms with Gasteiger partial charge in [0.15, 0.2) is 21.3 Å². The van der Waals surface area contributed by atoms with Gasteiger partial charge < -0.3 is 14.8 Å². The molecule has 2 aromatic carbocycles. The third kappa shape index (κ3) is 3.25. The van der Waals surface area contributed by atoms with E-state index in [1.807, 2.05) is 0 Å². The molecule has 0 atom stereocenters. The smallest absolute Gasteiger partial charge is 0.255 e. The van der Waals surface area contributed by atoms with Crippen LogP contribution in [0.1, 0.15) is 10.4 Å². The number of nitrogens with one attached hydrogen (secondary N) is 1. The Morgan fingerprint density at radius 2 is 1.87 bits per heavy atom. The topological polar surface area (TPSA) is 81.7 Å². The second-order valence-corrected chi connectivity index (χ2v) is 7.37. The maximum Gasteiger partial charge on any atom is 0.255 e. The van der Waals surface area contributed by atoms with Crippen molar-refractivity contribution in [2.45, 2.75) is 4.90 Å². The van der Waals surface area contributed by atoms with Gasteiger partial charge in [-0.1, -0.05) is 11.6 Å². The zero-order valence-electron chi connectivity index (χ0n) is 12.0. The Hall–Kier alpha value is -2.25. The number of hydrogen-bond acceptors (Lipinski definition) is 5. The molecular weight excluding hydrogens is 342 g/mol. The van der Waals surface area contributed by atoms with E-state index in [1.54, 1.807) is 0 Å². The number of rotatable bonds is 3. The summed E-state index contributed by atoms with van der Waals surface area (Å²) in [6, 6.07) is 8.91. The van der Waals surface area contributed by atoms with Crippen LogP contribution in [0.25, 0.3) is 0 Å². The van der Waals surface area contributed by atoms with Crippen LogP contribution in [0.3, 0.4) is 0 Å². The zero-order chi connectivity index (χ0) is 16.6. The van der Waals surface area contributed by atoms with Crippen molar-refractivity contribution in [3.05, 3.63) is 47.0 Å². The minimum atomic E-state index is -3.27. The first-order chi connectivity index (χ1) is 10.8. The largest absolute Gasteiger partial charge is 0.454 e. The van der Waals surface area contributed by atoms with E-state index in [-0.39, 0.29) is 16.7 Å². The van der Waals surface area contributed by atoms with Crippen LogP contribution in [0.2, 0.25) is 5.02 Å². The number of hydrogen-bond donors (Lipinski definition) is 1. The minimum Gasteiger partial charge on any atom is -0.454 e. The van der Waals surface area contributed by atoms with Crippen LogP contribution in [0.4, 0.5) is 5.69 Å². The van der Waals surface area contributed by atoms with E-state index in [2.05, 4.69) is 5.32 Å². The number of amides is 1. The lowest BCUT2D eigenvalue weighted by molar-refractivity contribution is 0.102. The Labute approximate surface area is 137 Å². The molecule has 0 radical (unpaired) electrons. The highest BCUT2D eigenvalue weighted by Crippen LogP contribution is 2.39. The summed E-state index contributed by atoms with van der Waals surface area (Å²) in [4.78, 5) is 12.4. The quantitative estimate of drug-likeness (QED) is 0.917. The fraction of sp³-hybridized carbons (Fsp3) is 0.133. The van der Waals surface area contributed by atoms with Crippen molar-refractivity contribution >= 4 is 33.0 Å². The summed E-state index contributed by atoms with van der Waals surface area (Å²) in [6.07, 6.45) is 1.12. The fourth-order valence-corrected chi connectivity index (χ4v) is 2.98. The zero-order valence-corrected chi connectivity index (χ0v) is 13.6. The van der Waals surface area contributed by atoms with Crippen LogP contribution in [-0.4, -0.2) is 27.4 Å². The molecule has 0 aromatic heterocycles. The third-order valence-electron chi connectivity index (χ3n) is 3.23. The summed E-state index contributed by atoms with van der Waals surface area (Å²) < 4.78 is 33.2. The van der Waals surface area contributed by atoms with E-state index in [9.17, 15) is 13.2 Å². The van der Waals surface area contributed by atoms with E-state index >= 15 is 0 Å². The van der Waals surface area contributed by atoms with E-state index in [4.69, 9.17) is 21.1 Å². The van der Waals surface area contributed by atoms with Crippen molar-refractivity contribution in [2.75, 3.05) is 18.4 Å². The number of carbonyl (C=O) groups excluding carboxylic acids is 1. The molecule has 0 aliphatic carbocycles. The summed E-state index contributed by atoms with van der Waals surface area (Å²) in [7, 11) is -3.27. The Kier molecular flexibility index (Phi) is 3.91. The van der Waals surface area contributed by atoms with Gasteiger partial charge >= 0.3 is 0 Å². The summed E-state index contributed by atoms with van der Waals surface area (Å²) in [6.45, 7) is 0.0626. The average molecular weight is 354 g/mol. The van der Waals surface area contributed by atoms with Gasteiger partial charge in [-0.05, 0) is 36.4 Å². The highest BCUT2D eigenvalue weighted by Gasteiger charge is 2.20. The Morgan fingerprint density at radius 3 is 2.52 bits per heavy atom. The normalized spacial score (nSPS) is 13.0. The van der Waals surface area contributed by atoms with Gasteiger partial charge in [0.1, 0.15) is 0 Å². The molecular formula is C15H12ClNO5S. The van der Waals surface area contributed by atoms with Gasteiger partial charge in [-0.15, -0.1) is 0 Å². The van der Waals surface area contributed by atoms with Crippen molar-refractivity contribution in [1.82, 2.24) is 0 Å². The summed E-state index contributed by atoms with van der Waals surface area (Å²) in [5, 5.41) is 2.96. The van der Waals surface area contributed by atoms with Crippen molar-refractivity contribution in [1.29, 1.82) is 0 Å². The van der Waals surface area contributed by atoms with Crippen molar-refractivity contribution in [3.8, 4) is 11.5 Å². The highest BCUT2D eigenvalue weighted by molar-refractivity contribution is 7.90. The van der Waals surface area contributed by atoms with E-state index in [0.717, 1.165) is 6.26 Å². The third-order valence-corrected chi connectivity index (χ3v) is 4.64. The number of halogens is 1. The molecule has 1 heterocycles. The minimum absolute atomic E-state index is 0.0626. The van der Waals surface area contributed by atoms with Gasteiger partial charge in [-0.3, -0.25) is 4.79 Å². The summed E-state index contributed by atoms with van der Waals surface area (Å²) >= 11 is 6.04. The molecule has 2 aromatic rings. The highest BCUT2D eigenvalue weighted by atomic mass is 35.5. The SMILES string of the molecule is CS(=O)(=O)c1ccc(NC(=O)c2cc(Cl)c3c(c2)OCO3)cc1. The van der Waals surface area contributed by atoms with Crippen LogP contribution in [0.5, 0.6) is 11.5 Å². The first-order valence-electron chi connectivity index (χ1n) is 6.55. The molecule has 0 saturated carbocycles. The van der Waals surface area contributed by atoms with Gasteiger partial charge in [0.25, 0.3) is 5.91 Å². The van der Waals surface area contributed by atoms with Gasteiger partial charge in [-0.25, -0.2) is 8.42 Å². The van der Waals surface area contributed by atoms with Crippen molar-refractivity contribution in [3.63, 3.8) is 0 Å². The van der Waals surface area contributed by atoms with Crippen LogP contribution in [0.15, 0.2) is 41.3 Å². The first kappa shape index (κ1) is 15.6. The number of anilines is 1. The van der Waals surface area contributed by atoms with E-state index in [1.165, 1.54) is 36.4 Å². The van der Waals surface area contributed by atoms with Gasteiger partial charge in [0, 0.05) is 17.5 Å². The Bertz CT molecular complexity index is 877. The molecule has 1 aliphatic heterocycles. The number of carbonyl (C=O) groups is 1. The van der Waals surface area contributed by atoms with Gasteiger partial charge in [-0.2, -0.15) is 0 Å². The average Bonchev–Trinajstić information content (AvgIpc) is 2.96. The summed E-state index contributed by atoms with van der Waals surface area (Å²) in [5.74, 6) is 0.438. The first-order valence-corrected chi connectivity index (χ1v) is 8.82. The number of ether oxygens (including phenoxy) is 2. The molecule has 1 N–H and O–H groups in total. The lowest BCUT2D eigenvalue weighted by Gasteiger charge is -2.08. The molecule has 0 fully saturated rings. The monoisotopic (exact) mass is 353 g/mol. The molecule has 6 nitrogen and oxygen atoms in total. The Balaban J connectivity index is 1.81. The van der Waals surface area contributed by atoms with Crippen molar-refractivity contribution in [2.24, 2.45) is 0 Å². The lowest BCUT2D eigenvalue weighted by atomic mass is 10.2. The number of benzene rings is 2. The predicted octanol–water partition coefficient (Wildman–Crippen LogP) is 2.72. The maximum atomic E-state index is 12.3. The molecule has 8 heteroatoms. The Morgan fingerprint density at radius 1 is 1.17 bits per heavy atom. The molecule has 1 aliphatic rings. The van der Waals surface area contributed by atoms with E-state index < -0.39 is 15.7 Å². The van der Waals surface area contributed by atoms with E-state index in [0.29, 0.717) is 22.7 Å². The lowest BCUT2D eigenvalue weighted by Crippen LogP contribution is -2.12. The van der Waals surface area contributed by atoms with Crippen molar-refractivity contribution < 1.29 is 22.7 Å². The molecule has 0 spiro atoms. The van der Waals surface area contributed by atoms with Crippen LogP contribution in [0, 0.1) is 0 Å².